The number of carbonyl (C=O) groups excluding carboxylic acids is 2. The molecule has 0 aliphatic rings. The number of aliphatic carboxylic acids is 2. The van der Waals surface area contributed by atoms with Crippen molar-refractivity contribution in [2.45, 2.75) is 50.8 Å². The molecule has 0 bridgehead atoms. The number of benzene rings is 1. The lowest BCUT2D eigenvalue weighted by Crippen LogP contribution is -2.38. The van der Waals surface area contributed by atoms with Crippen LogP contribution in [0.4, 0.5) is 5.69 Å². The Hall–Kier alpha value is -4.45. The van der Waals surface area contributed by atoms with Gasteiger partial charge in [-0.2, -0.15) is 0 Å². The molecule has 3 N–H and O–H groups in total. The Bertz CT molecular complexity index is 1050. The lowest BCUT2D eigenvalue weighted by atomic mass is 10.1. The van der Waals surface area contributed by atoms with E-state index >= 15 is 0 Å². The molecule has 2 aromatic rings. The van der Waals surface area contributed by atoms with Gasteiger partial charge in [0.05, 0.1) is 5.69 Å². The molecule has 0 aliphatic heterocycles. The Balaban J connectivity index is 1.89. The topological polar surface area (TPSA) is 209 Å². The van der Waals surface area contributed by atoms with Gasteiger partial charge in [0.15, 0.2) is 12.3 Å². The second-order valence-corrected chi connectivity index (χ2v) is 7.18. The van der Waals surface area contributed by atoms with Gasteiger partial charge in [0.1, 0.15) is 0 Å². The fraction of sp³-hybridized carbons (Fsp3) is 0.400. The summed E-state index contributed by atoms with van der Waals surface area (Å²) in [4.78, 5) is 47.9. The fourth-order valence-electron chi connectivity index (χ4n) is 3.06. The maximum atomic E-state index is 12.3. The van der Waals surface area contributed by atoms with Crippen LogP contribution in [0, 0.1) is 0 Å². The number of nitrogens with one attached hydrogen (secondary N) is 1. The van der Waals surface area contributed by atoms with E-state index in [1.165, 1.54) is 6.20 Å². The Morgan fingerprint density at radius 1 is 1.24 bits per heavy atom. The number of hydrogen-bond donors (Lipinski definition) is 3. The van der Waals surface area contributed by atoms with Gasteiger partial charge in [-0.3, -0.25) is 14.4 Å². The van der Waals surface area contributed by atoms with Crippen molar-refractivity contribution in [3.63, 3.8) is 0 Å². The first-order valence-corrected chi connectivity index (χ1v) is 10.2. The molecule has 1 heterocycles. The summed E-state index contributed by atoms with van der Waals surface area (Å²) >= 11 is 0. The van der Waals surface area contributed by atoms with Gasteiger partial charge in [0.2, 0.25) is 5.91 Å². The fourth-order valence-corrected chi connectivity index (χ4v) is 3.06. The number of aryl methyl sites for hydroxylation is 1. The summed E-state index contributed by atoms with van der Waals surface area (Å²) in [5.74, 6) is -2.77. The number of nitrogens with zero attached hydrogens (tertiary/aromatic N) is 6. The van der Waals surface area contributed by atoms with E-state index in [0.29, 0.717) is 18.5 Å². The third kappa shape index (κ3) is 8.59. The summed E-state index contributed by atoms with van der Waals surface area (Å²) in [6.45, 7) is 0.174. The van der Waals surface area contributed by atoms with Crippen LogP contribution >= 0.6 is 0 Å². The Labute approximate surface area is 193 Å². The minimum absolute atomic E-state index is 0.0589. The summed E-state index contributed by atoms with van der Waals surface area (Å²) < 4.78 is 5.91. The monoisotopic (exact) mass is 473 g/mol. The molecule has 0 saturated carbocycles. The first-order chi connectivity index (χ1) is 16.3. The highest BCUT2D eigenvalue weighted by Crippen LogP contribution is 2.16. The van der Waals surface area contributed by atoms with Gasteiger partial charge in [-0.15, -0.1) is 5.10 Å². The highest BCUT2D eigenvalue weighted by atomic mass is 16.5. The lowest BCUT2D eigenvalue weighted by molar-refractivity contribution is -0.143. The highest BCUT2D eigenvalue weighted by Gasteiger charge is 2.23. The third-order valence-electron chi connectivity index (χ3n) is 4.70. The van der Waals surface area contributed by atoms with Crippen molar-refractivity contribution in [1.29, 1.82) is 0 Å². The minimum atomic E-state index is -1.26. The Morgan fingerprint density at radius 2 is 1.97 bits per heavy atom. The zero-order valence-corrected chi connectivity index (χ0v) is 18.0. The van der Waals surface area contributed by atoms with E-state index in [-0.39, 0.29) is 43.8 Å². The summed E-state index contributed by atoms with van der Waals surface area (Å²) in [6.07, 6.45) is 0.916. The van der Waals surface area contributed by atoms with Crippen LogP contribution in [-0.4, -0.2) is 55.8 Å². The molecular weight excluding hydrogens is 450 g/mol. The summed E-state index contributed by atoms with van der Waals surface area (Å²) in [5.41, 5.74) is 10.1. The first-order valence-electron chi connectivity index (χ1n) is 10.2. The van der Waals surface area contributed by atoms with E-state index in [1.807, 2.05) is 0 Å². The average molecular weight is 473 g/mol. The molecule has 0 radical (unpaired) electrons. The van der Waals surface area contributed by atoms with Gasteiger partial charge in [0, 0.05) is 36.1 Å². The molecule has 14 nitrogen and oxygen atoms in total. The van der Waals surface area contributed by atoms with E-state index in [2.05, 4.69) is 25.7 Å². The molecule has 0 saturated heterocycles. The molecule has 2 rings (SSSR count). The number of ether oxygens (including phenoxy) is 1. The Morgan fingerprint density at radius 3 is 2.59 bits per heavy atom. The van der Waals surface area contributed by atoms with Crippen molar-refractivity contribution in [3.8, 4) is 0 Å². The van der Waals surface area contributed by atoms with Crippen molar-refractivity contribution in [1.82, 2.24) is 20.3 Å². The van der Waals surface area contributed by atoms with Crippen LogP contribution in [0.1, 0.15) is 43.0 Å². The van der Waals surface area contributed by atoms with Crippen LogP contribution in [0.25, 0.3) is 10.4 Å². The van der Waals surface area contributed by atoms with Crippen LogP contribution in [-0.2, 0) is 36.8 Å². The van der Waals surface area contributed by atoms with Gasteiger partial charge < -0.3 is 20.3 Å². The minimum Gasteiger partial charge on any atom is -0.481 e. The molecule has 1 aromatic carbocycles. The van der Waals surface area contributed by atoms with E-state index in [1.54, 1.807) is 24.3 Å². The van der Waals surface area contributed by atoms with Crippen LogP contribution in [0.15, 0.2) is 35.6 Å². The predicted molar refractivity (Wildman–Crippen MR) is 115 cm³/mol. The van der Waals surface area contributed by atoms with Crippen molar-refractivity contribution < 1.29 is 34.1 Å². The molecule has 2 atom stereocenters. The van der Waals surface area contributed by atoms with Gasteiger partial charge in [-0.1, -0.05) is 34.6 Å². The molecule has 180 valence electrons. The second-order valence-electron chi connectivity index (χ2n) is 7.18. The number of amides is 1. The SMILES string of the molecule is [N-]=[N+]=Nc1ccc(CCCC(=O)NC(Cc2cn(C(CCC(=O)O)C(=O)O)nn2)OC=O)cc1. The van der Waals surface area contributed by atoms with Gasteiger partial charge in [-0.05, 0) is 30.4 Å². The number of carboxylic acids is 2. The van der Waals surface area contributed by atoms with Crippen LogP contribution in [0.3, 0.4) is 0 Å². The number of carboxylic acid groups (broad SMARTS) is 2. The zero-order valence-electron chi connectivity index (χ0n) is 18.0. The lowest BCUT2D eigenvalue weighted by Gasteiger charge is -2.15. The van der Waals surface area contributed by atoms with Crippen molar-refractivity contribution in [3.05, 3.63) is 52.2 Å². The number of aromatic nitrogens is 3. The third-order valence-corrected chi connectivity index (χ3v) is 4.70. The van der Waals surface area contributed by atoms with Gasteiger partial charge in [0.25, 0.3) is 6.47 Å². The molecule has 1 aromatic heterocycles. The van der Waals surface area contributed by atoms with E-state index in [9.17, 15) is 24.3 Å². The molecular formula is C20H23N7O7. The molecule has 0 fully saturated rings. The smallest absolute Gasteiger partial charge is 0.328 e. The molecule has 1 amide bonds. The molecule has 14 heteroatoms. The van der Waals surface area contributed by atoms with E-state index in [0.717, 1.165) is 10.2 Å². The Kier molecular flexibility index (Phi) is 10.0. The molecule has 0 aliphatic carbocycles. The number of rotatable bonds is 15. The van der Waals surface area contributed by atoms with Crippen molar-refractivity contribution >= 4 is 30.0 Å². The number of carbonyl (C=O) groups is 4. The summed E-state index contributed by atoms with van der Waals surface area (Å²) in [6, 6.07) is 5.72. The predicted octanol–water partition coefficient (Wildman–Crippen LogP) is 1.89. The molecule has 34 heavy (non-hydrogen) atoms. The van der Waals surface area contributed by atoms with Crippen LogP contribution in [0.5, 0.6) is 0 Å². The second kappa shape index (κ2) is 13.2. The van der Waals surface area contributed by atoms with Crippen molar-refractivity contribution in [2.24, 2.45) is 5.11 Å². The van der Waals surface area contributed by atoms with Crippen LogP contribution in [0.2, 0.25) is 0 Å². The maximum Gasteiger partial charge on any atom is 0.328 e. The molecule has 0 spiro atoms. The first kappa shape index (κ1) is 25.8. The van der Waals surface area contributed by atoms with Gasteiger partial charge >= 0.3 is 11.9 Å². The number of hydrogen-bond acceptors (Lipinski definition) is 8. The quantitative estimate of drug-likeness (QED) is 0.113. The van der Waals surface area contributed by atoms with Crippen LogP contribution < -0.4 is 5.32 Å². The highest BCUT2D eigenvalue weighted by molar-refractivity contribution is 5.76. The number of azide groups is 1. The van der Waals surface area contributed by atoms with Crippen molar-refractivity contribution in [2.75, 3.05) is 0 Å². The molecule has 2 unspecified atom stereocenters. The summed E-state index contributed by atoms with van der Waals surface area (Å²) in [5, 5.41) is 31.7. The summed E-state index contributed by atoms with van der Waals surface area (Å²) in [7, 11) is 0. The standard InChI is InChI=1S/C20H23N7O7/c21-25-23-14-6-4-13(5-7-14)2-1-3-17(29)22-18(34-12-28)10-15-11-27(26-24-15)16(20(32)33)8-9-19(30)31/h4-7,11-12,16,18H,1-3,8-10H2,(H,22,29)(H,30,31)(H,32,33). The zero-order chi connectivity index (χ0) is 24.9. The van der Waals surface area contributed by atoms with E-state index in [4.69, 9.17) is 15.4 Å². The van der Waals surface area contributed by atoms with Gasteiger partial charge in [-0.25, -0.2) is 9.48 Å². The van der Waals surface area contributed by atoms with E-state index < -0.39 is 24.2 Å². The average Bonchev–Trinajstić information content (AvgIpc) is 3.23. The maximum absolute atomic E-state index is 12.3. The largest absolute Gasteiger partial charge is 0.481 e. The normalized spacial score (nSPS) is 12.1.